The molecule has 1 fully saturated rings. The fourth-order valence-corrected chi connectivity index (χ4v) is 3.43. The van der Waals surface area contributed by atoms with Gasteiger partial charge >= 0.3 is 0 Å². The molecule has 2 nitrogen and oxygen atoms in total. The van der Waals surface area contributed by atoms with Gasteiger partial charge in [-0.1, -0.05) is 37.5 Å². The molecule has 1 saturated carbocycles. The van der Waals surface area contributed by atoms with Gasteiger partial charge < -0.3 is 4.90 Å². The second-order valence-corrected chi connectivity index (χ2v) is 6.38. The van der Waals surface area contributed by atoms with Crippen molar-refractivity contribution in [1.29, 1.82) is 0 Å². The maximum atomic E-state index is 14.4. The van der Waals surface area contributed by atoms with E-state index in [-0.39, 0.29) is 17.6 Å². The Balaban J connectivity index is 2.04. The molecule has 0 heterocycles. The molecule has 2 aromatic rings. The molecule has 126 valence electrons. The number of anilines is 1. The van der Waals surface area contributed by atoms with Crippen LogP contribution in [0.5, 0.6) is 0 Å². The molecule has 24 heavy (non-hydrogen) atoms. The molecule has 3 rings (SSSR count). The number of amides is 1. The van der Waals surface area contributed by atoms with Gasteiger partial charge in [-0.2, -0.15) is 0 Å². The number of hydrogen-bond donors (Lipinski definition) is 0. The number of halogens is 2. The predicted molar refractivity (Wildman–Crippen MR) is 91.2 cm³/mol. The van der Waals surface area contributed by atoms with Crippen LogP contribution in [0.4, 0.5) is 14.5 Å². The summed E-state index contributed by atoms with van der Waals surface area (Å²) in [4.78, 5) is 14.7. The fraction of sp³-hybridized carbons (Fsp3) is 0.350. The maximum absolute atomic E-state index is 14.4. The van der Waals surface area contributed by atoms with Crippen molar-refractivity contribution in [1.82, 2.24) is 0 Å². The van der Waals surface area contributed by atoms with Crippen LogP contribution in [0.1, 0.15) is 48.0 Å². The molecule has 1 aliphatic rings. The van der Waals surface area contributed by atoms with E-state index in [0.29, 0.717) is 5.56 Å². The number of hydrogen-bond acceptors (Lipinski definition) is 1. The van der Waals surface area contributed by atoms with Crippen LogP contribution in [0.15, 0.2) is 42.5 Å². The molecule has 0 unspecified atom stereocenters. The molecule has 2 aromatic carbocycles. The van der Waals surface area contributed by atoms with Crippen LogP contribution in [0.25, 0.3) is 0 Å². The summed E-state index contributed by atoms with van der Waals surface area (Å²) in [5.74, 6) is -1.55. The van der Waals surface area contributed by atoms with Crippen molar-refractivity contribution in [2.45, 2.75) is 45.1 Å². The summed E-state index contributed by atoms with van der Waals surface area (Å²) < 4.78 is 27.7. The predicted octanol–water partition coefficient (Wildman–Crippen LogP) is 5.25. The lowest BCUT2D eigenvalue weighted by molar-refractivity contribution is 0.0969. The minimum absolute atomic E-state index is 0.0502. The highest BCUT2D eigenvalue weighted by atomic mass is 19.1. The van der Waals surface area contributed by atoms with Crippen LogP contribution in [0.2, 0.25) is 0 Å². The van der Waals surface area contributed by atoms with E-state index in [1.165, 1.54) is 17.0 Å². The van der Waals surface area contributed by atoms with Crippen LogP contribution in [0.3, 0.4) is 0 Å². The SMILES string of the molecule is Cc1ccccc1C(=O)N(c1ccc(F)cc1F)C1CCCCC1. The maximum Gasteiger partial charge on any atom is 0.258 e. The number of benzene rings is 2. The third-order valence-corrected chi connectivity index (χ3v) is 4.70. The molecule has 0 aromatic heterocycles. The molecular formula is C20H21F2NO. The number of rotatable bonds is 3. The molecular weight excluding hydrogens is 308 g/mol. The lowest BCUT2D eigenvalue weighted by atomic mass is 9.92. The van der Waals surface area contributed by atoms with Crippen LogP contribution in [-0.2, 0) is 0 Å². The first-order valence-corrected chi connectivity index (χ1v) is 8.42. The van der Waals surface area contributed by atoms with Gasteiger partial charge in [-0.3, -0.25) is 4.79 Å². The van der Waals surface area contributed by atoms with E-state index in [9.17, 15) is 13.6 Å². The summed E-state index contributed by atoms with van der Waals surface area (Å²) in [5, 5.41) is 0. The van der Waals surface area contributed by atoms with E-state index in [4.69, 9.17) is 0 Å². The summed E-state index contributed by atoms with van der Waals surface area (Å²) in [7, 11) is 0. The van der Waals surface area contributed by atoms with Gasteiger partial charge in [0.05, 0.1) is 5.69 Å². The van der Waals surface area contributed by atoms with E-state index in [2.05, 4.69) is 0 Å². The normalized spacial score (nSPS) is 15.3. The third kappa shape index (κ3) is 3.32. The van der Waals surface area contributed by atoms with Gasteiger partial charge in [-0.15, -0.1) is 0 Å². The Morgan fingerprint density at radius 1 is 1.04 bits per heavy atom. The Labute approximate surface area is 141 Å². The zero-order valence-electron chi connectivity index (χ0n) is 13.8. The van der Waals surface area contributed by atoms with E-state index in [0.717, 1.165) is 43.7 Å². The minimum Gasteiger partial charge on any atom is -0.302 e. The molecule has 1 amide bonds. The smallest absolute Gasteiger partial charge is 0.258 e. The van der Waals surface area contributed by atoms with Gasteiger partial charge in [0.2, 0.25) is 0 Å². The van der Waals surface area contributed by atoms with Crippen molar-refractivity contribution in [3.05, 3.63) is 65.2 Å². The molecule has 0 spiro atoms. The Morgan fingerprint density at radius 3 is 2.42 bits per heavy atom. The Hall–Kier alpha value is -2.23. The minimum atomic E-state index is -0.692. The van der Waals surface area contributed by atoms with Crippen LogP contribution in [-0.4, -0.2) is 11.9 Å². The molecule has 0 aliphatic heterocycles. The molecule has 0 atom stereocenters. The standard InChI is InChI=1S/C20H21F2NO/c1-14-7-5-6-10-17(14)20(24)23(16-8-3-2-4-9-16)19-12-11-15(21)13-18(19)22/h5-7,10-13,16H,2-4,8-9H2,1H3. The first-order chi connectivity index (χ1) is 11.6. The lowest BCUT2D eigenvalue weighted by Gasteiger charge is -2.35. The number of carbonyl (C=O) groups is 1. The van der Waals surface area contributed by atoms with Crippen molar-refractivity contribution in [3.63, 3.8) is 0 Å². The highest BCUT2D eigenvalue weighted by molar-refractivity contribution is 6.07. The van der Waals surface area contributed by atoms with E-state index in [1.54, 1.807) is 12.1 Å². The first kappa shape index (κ1) is 16.6. The third-order valence-electron chi connectivity index (χ3n) is 4.70. The van der Waals surface area contributed by atoms with Crippen molar-refractivity contribution >= 4 is 11.6 Å². The second kappa shape index (κ2) is 7.12. The Bertz CT molecular complexity index is 738. The van der Waals surface area contributed by atoms with E-state index in [1.807, 2.05) is 19.1 Å². The van der Waals surface area contributed by atoms with Gasteiger partial charge in [-0.05, 0) is 43.5 Å². The van der Waals surface area contributed by atoms with Crippen molar-refractivity contribution in [3.8, 4) is 0 Å². The van der Waals surface area contributed by atoms with E-state index < -0.39 is 11.6 Å². The van der Waals surface area contributed by atoms with Crippen molar-refractivity contribution < 1.29 is 13.6 Å². The second-order valence-electron chi connectivity index (χ2n) is 6.38. The average Bonchev–Trinajstić information content (AvgIpc) is 2.58. The molecule has 0 saturated heterocycles. The van der Waals surface area contributed by atoms with Crippen molar-refractivity contribution in [2.75, 3.05) is 4.90 Å². The highest BCUT2D eigenvalue weighted by Gasteiger charge is 2.30. The van der Waals surface area contributed by atoms with E-state index >= 15 is 0 Å². The lowest BCUT2D eigenvalue weighted by Crippen LogP contribution is -2.42. The largest absolute Gasteiger partial charge is 0.302 e. The molecule has 4 heteroatoms. The van der Waals surface area contributed by atoms with Crippen LogP contribution >= 0.6 is 0 Å². The molecule has 0 radical (unpaired) electrons. The number of carbonyl (C=O) groups excluding carboxylic acids is 1. The van der Waals surface area contributed by atoms with Gasteiger partial charge in [0.25, 0.3) is 5.91 Å². The average molecular weight is 329 g/mol. The summed E-state index contributed by atoms with van der Waals surface area (Å²) in [5.41, 5.74) is 1.58. The molecule has 0 N–H and O–H groups in total. The van der Waals surface area contributed by atoms with Gasteiger partial charge in [-0.25, -0.2) is 8.78 Å². The zero-order valence-corrected chi connectivity index (χ0v) is 13.8. The molecule has 1 aliphatic carbocycles. The summed E-state index contributed by atoms with van der Waals surface area (Å²) >= 11 is 0. The first-order valence-electron chi connectivity index (χ1n) is 8.42. The van der Waals surface area contributed by atoms with Crippen LogP contribution in [0, 0.1) is 18.6 Å². The molecule has 0 bridgehead atoms. The monoisotopic (exact) mass is 329 g/mol. The van der Waals surface area contributed by atoms with Crippen LogP contribution < -0.4 is 4.90 Å². The fourth-order valence-electron chi connectivity index (χ4n) is 3.43. The Morgan fingerprint density at radius 2 is 1.75 bits per heavy atom. The number of aryl methyl sites for hydroxylation is 1. The highest BCUT2D eigenvalue weighted by Crippen LogP contribution is 2.31. The summed E-state index contributed by atoms with van der Waals surface area (Å²) in [6.45, 7) is 1.87. The quantitative estimate of drug-likeness (QED) is 0.753. The summed E-state index contributed by atoms with van der Waals surface area (Å²) in [6.07, 6.45) is 4.85. The zero-order chi connectivity index (χ0) is 17.1. The van der Waals surface area contributed by atoms with Crippen molar-refractivity contribution in [2.24, 2.45) is 0 Å². The van der Waals surface area contributed by atoms with Gasteiger partial charge in [0.15, 0.2) is 0 Å². The topological polar surface area (TPSA) is 20.3 Å². The number of nitrogens with zero attached hydrogens (tertiary/aromatic N) is 1. The Kier molecular flexibility index (Phi) is 4.93. The van der Waals surface area contributed by atoms with Gasteiger partial charge in [0.1, 0.15) is 11.6 Å². The van der Waals surface area contributed by atoms with Gasteiger partial charge in [0, 0.05) is 17.7 Å². The summed E-state index contributed by atoms with van der Waals surface area (Å²) in [6, 6.07) is 10.7.